The Morgan fingerprint density at radius 3 is 2.42 bits per heavy atom. The van der Waals surface area contributed by atoms with Crippen LogP contribution in [0.3, 0.4) is 0 Å². The molecule has 2 fully saturated rings. The van der Waals surface area contributed by atoms with Crippen LogP contribution in [0.2, 0.25) is 0 Å². The summed E-state index contributed by atoms with van der Waals surface area (Å²) < 4.78 is 4.73. The van der Waals surface area contributed by atoms with Crippen molar-refractivity contribution in [1.82, 2.24) is 5.32 Å². The van der Waals surface area contributed by atoms with Gasteiger partial charge in [0.1, 0.15) is 0 Å². The van der Waals surface area contributed by atoms with Gasteiger partial charge in [-0.3, -0.25) is 14.4 Å². The summed E-state index contributed by atoms with van der Waals surface area (Å²) in [6.45, 7) is 0. The first-order valence-corrected chi connectivity index (χ1v) is 7.58. The molecule has 3 amide bonds. The van der Waals surface area contributed by atoms with Gasteiger partial charge in [0, 0.05) is 0 Å². The van der Waals surface area contributed by atoms with Gasteiger partial charge < -0.3 is 10.1 Å². The molecule has 3 heterocycles. The minimum atomic E-state index is -0.834. The SMILES string of the molecule is COC(=O)C1=C[C@@H]2C(=O)N[C@H]1[C@@H]1C(=O)N(c3ccccc3)C(=O)[C@@H]12. The van der Waals surface area contributed by atoms with Gasteiger partial charge in [0.2, 0.25) is 17.7 Å². The van der Waals surface area contributed by atoms with E-state index in [1.165, 1.54) is 13.2 Å². The lowest BCUT2D eigenvalue weighted by atomic mass is 9.67. The van der Waals surface area contributed by atoms with Crippen LogP contribution in [-0.2, 0) is 23.9 Å². The van der Waals surface area contributed by atoms with Gasteiger partial charge >= 0.3 is 5.97 Å². The van der Waals surface area contributed by atoms with Gasteiger partial charge in [-0.1, -0.05) is 24.3 Å². The fourth-order valence-corrected chi connectivity index (χ4v) is 3.84. The normalized spacial score (nSPS) is 30.8. The molecule has 2 bridgehead atoms. The third-order valence-corrected chi connectivity index (χ3v) is 4.87. The predicted octanol–water partition coefficient (Wildman–Crippen LogP) is 0.0198. The van der Waals surface area contributed by atoms with Crippen LogP contribution in [0.5, 0.6) is 0 Å². The quantitative estimate of drug-likeness (QED) is 0.611. The van der Waals surface area contributed by atoms with Crippen LogP contribution in [0.1, 0.15) is 0 Å². The van der Waals surface area contributed by atoms with Crippen molar-refractivity contribution >= 4 is 29.4 Å². The molecule has 1 aliphatic carbocycles. The summed E-state index contributed by atoms with van der Waals surface area (Å²) in [4.78, 5) is 50.9. The number of benzene rings is 1. The number of nitrogens with one attached hydrogen (secondary N) is 1. The maximum absolute atomic E-state index is 12.9. The number of fused-ring (bicyclic) bond motifs is 1. The lowest BCUT2D eigenvalue weighted by Crippen LogP contribution is -2.60. The number of imide groups is 1. The summed E-state index contributed by atoms with van der Waals surface area (Å²) >= 11 is 0. The monoisotopic (exact) mass is 326 g/mol. The van der Waals surface area contributed by atoms with Gasteiger partial charge in [0.15, 0.2) is 0 Å². The molecule has 0 radical (unpaired) electrons. The average molecular weight is 326 g/mol. The first kappa shape index (κ1) is 14.6. The van der Waals surface area contributed by atoms with E-state index in [2.05, 4.69) is 5.32 Å². The average Bonchev–Trinajstić information content (AvgIpc) is 2.87. The Bertz CT molecular complexity index is 800. The zero-order valence-corrected chi connectivity index (χ0v) is 12.8. The van der Waals surface area contributed by atoms with Gasteiger partial charge in [-0.15, -0.1) is 0 Å². The maximum Gasteiger partial charge on any atom is 0.335 e. The highest BCUT2D eigenvalue weighted by Crippen LogP contribution is 2.46. The number of nitrogens with zero attached hydrogens (tertiary/aromatic N) is 1. The summed E-state index contributed by atoms with van der Waals surface area (Å²) in [5.41, 5.74) is 0.702. The number of methoxy groups -OCH3 is 1. The Kier molecular flexibility index (Phi) is 3.06. The molecule has 24 heavy (non-hydrogen) atoms. The van der Waals surface area contributed by atoms with E-state index in [0.717, 1.165) is 4.90 Å². The predicted molar refractivity (Wildman–Crippen MR) is 81.4 cm³/mol. The summed E-state index contributed by atoms with van der Waals surface area (Å²) in [5, 5.41) is 2.67. The number of hydrogen-bond acceptors (Lipinski definition) is 5. The van der Waals surface area contributed by atoms with Crippen molar-refractivity contribution < 1.29 is 23.9 Å². The molecule has 5 rings (SSSR count). The molecule has 2 saturated heterocycles. The summed E-state index contributed by atoms with van der Waals surface area (Å²) in [6, 6.07) is 7.75. The van der Waals surface area contributed by atoms with E-state index in [1.54, 1.807) is 30.3 Å². The number of anilines is 1. The highest BCUT2D eigenvalue weighted by molar-refractivity contribution is 6.24. The molecule has 3 aliphatic heterocycles. The van der Waals surface area contributed by atoms with Crippen molar-refractivity contribution in [3.05, 3.63) is 42.0 Å². The number of carbonyl (C=O) groups is 4. The summed E-state index contributed by atoms with van der Waals surface area (Å²) in [6.07, 6.45) is 1.47. The summed E-state index contributed by atoms with van der Waals surface area (Å²) in [7, 11) is 1.24. The van der Waals surface area contributed by atoms with Gasteiger partial charge in [0.25, 0.3) is 0 Å². The zero-order valence-electron chi connectivity index (χ0n) is 12.8. The minimum Gasteiger partial charge on any atom is -0.466 e. The van der Waals surface area contributed by atoms with Crippen LogP contribution in [0.25, 0.3) is 0 Å². The van der Waals surface area contributed by atoms with E-state index < -0.39 is 41.6 Å². The molecule has 0 saturated carbocycles. The third-order valence-electron chi connectivity index (χ3n) is 4.87. The van der Waals surface area contributed by atoms with Crippen molar-refractivity contribution in [1.29, 1.82) is 0 Å². The van der Waals surface area contributed by atoms with Gasteiger partial charge in [-0.25, -0.2) is 9.69 Å². The number of piperidine rings is 1. The molecule has 0 unspecified atom stereocenters. The largest absolute Gasteiger partial charge is 0.466 e. The topological polar surface area (TPSA) is 92.8 Å². The Morgan fingerprint density at radius 1 is 1.08 bits per heavy atom. The van der Waals surface area contributed by atoms with Crippen molar-refractivity contribution in [2.45, 2.75) is 6.04 Å². The lowest BCUT2D eigenvalue weighted by molar-refractivity contribution is -0.141. The molecule has 0 spiro atoms. The first-order valence-electron chi connectivity index (χ1n) is 7.58. The number of amides is 3. The second-order valence-corrected chi connectivity index (χ2v) is 6.02. The third kappa shape index (κ3) is 1.78. The Morgan fingerprint density at radius 2 is 1.75 bits per heavy atom. The van der Waals surface area contributed by atoms with Crippen molar-refractivity contribution in [3.63, 3.8) is 0 Å². The van der Waals surface area contributed by atoms with Crippen LogP contribution < -0.4 is 10.2 Å². The molecule has 0 aromatic heterocycles. The number of rotatable bonds is 2. The number of hydrogen-bond donors (Lipinski definition) is 1. The molecule has 1 N–H and O–H groups in total. The van der Waals surface area contributed by atoms with Gasteiger partial charge in [-0.05, 0) is 12.1 Å². The molecule has 4 aliphatic rings. The van der Waals surface area contributed by atoms with E-state index in [9.17, 15) is 19.2 Å². The fraction of sp³-hybridized carbons (Fsp3) is 0.294. The van der Waals surface area contributed by atoms with Crippen molar-refractivity contribution in [2.75, 3.05) is 12.0 Å². The van der Waals surface area contributed by atoms with Gasteiger partial charge in [0.05, 0.1) is 42.2 Å². The standard InChI is InChI=1S/C17H14N2O5/c1-24-17(23)10-7-9-11-12(13(10)18-14(9)20)16(22)19(15(11)21)8-5-3-2-4-6-8/h2-7,9,11-13H,1H3,(H,18,20)/t9-,11+,12+,13+/m0/s1. The summed E-state index contributed by atoms with van der Waals surface area (Å²) in [5.74, 6) is -4.13. The fourth-order valence-electron chi connectivity index (χ4n) is 3.84. The molecule has 122 valence electrons. The molecule has 1 aromatic carbocycles. The van der Waals surface area contributed by atoms with E-state index in [1.807, 2.05) is 0 Å². The number of carbonyl (C=O) groups excluding carboxylic acids is 4. The van der Waals surface area contributed by atoms with Crippen LogP contribution in [0.4, 0.5) is 5.69 Å². The molecule has 1 aromatic rings. The number of ether oxygens (including phenoxy) is 1. The van der Waals surface area contributed by atoms with Crippen LogP contribution in [0, 0.1) is 17.8 Å². The van der Waals surface area contributed by atoms with E-state index >= 15 is 0 Å². The van der Waals surface area contributed by atoms with Crippen LogP contribution in [0.15, 0.2) is 42.0 Å². The highest BCUT2D eigenvalue weighted by Gasteiger charge is 2.62. The molecule has 4 atom stereocenters. The number of para-hydroxylation sites is 1. The highest BCUT2D eigenvalue weighted by atomic mass is 16.5. The molecular formula is C17H14N2O5. The van der Waals surface area contributed by atoms with Gasteiger partial charge in [-0.2, -0.15) is 0 Å². The first-order chi connectivity index (χ1) is 11.5. The minimum absolute atomic E-state index is 0.236. The zero-order chi connectivity index (χ0) is 17.0. The second kappa shape index (κ2) is 5.02. The lowest BCUT2D eigenvalue weighted by Gasteiger charge is -2.40. The van der Waals surface area contributed by atoms with Crippen molar-refractivity contribution in [3.8, 4) is 0 Å². The number of esters is 1. The second-order valence-electron chi connectivity index (χ2n) is 6.02. The van der Waals surface area contributed by atoms with E-state index in [4.69, 9.17) is 4.74 Å². The molecule has 7 nitrogen and oxygen atoms in total. The Hall–Kier alpha value is -2.96. The molecule has 7 heteroatoms. The van der Waals surface area contributed by atoms with E-state index in [0.29, 0.717) is 5.69 Å². The van der Waals surface area contributed by atoms with Crippen LogP contribution in [-0.4, -0.2) is 36.8 Å². The Labute approximate surface area is 137 Å². The van der Waals surface area contributed by atoms with Crippen molar-refractivity contribution in [2.24, 2.45) is 17.8 Å². The Balaban J connectivity index is 1.79. The van der Waals surface area contributed by atoms with E-state index in [-0.39, 0.29) is 11.5 Å². The maximum atomic E-state index is 12.9. The molecular weight excluding hydrogens is 312 g/mol. The van der Waals surface area contributed by atoms with Crippen LogP contribution >= 0.6 is 0 Å². The smallest absolute Gasteiger partial charge is 0.335 e.